The summed E-state index contributed by atoms with van der Waals surface area (Å²) >= 11 is 5.80. The highest BCUT2D eigenvalue weighted by molar-refractivity contribution is 6.31. The van der Waals surface area contributed by atoms with Crippen LogP contribution in [0, 0.1) is 12.3 Å². The molecule has 0 amide bonds. The Balaban J connectivity index is 3.19. The Bertz CT molecular complexity index is 271. The molecule has 0 unspecified atom stereocenters. The average molecular weight is 168 g/mol. The highest BCUT2D eigenvalue weighted by Gasteiger charge is 1.97. The molecule has 0 atom stereocenters. The van der Waals surface area contributed by atoms with Gasteiger partial charge in [-0.3, -0.25) is 0 Å². The standard InChI is InChI=1S/C9H10ClN/c1-6-3-8(7(2)11)5-9(10)4-6/h3-5,11H,1-2H3. The minimum absolute atomic E-state index is 0.551. The van der Waals surface area contributed by atoms with Gasteiger partial charge >= 0.3 is 0 Å². The molecule has 1 aromatic rings. The van der Waals surface area contributed by atoms with Crippen LogP contribution < -0.4 is 0 Å². The maximum absolute atomic E-state index is 7.37. The van der Waals surface area contributed by atoms with Crippen LogP contribution in [-0.2, 0) is 0 Å². The van der Waals surface area contributed by atoms with Gasteiger partial charge in [-0.05, 0) is 37.1 Å². The molecule has 0 saturated carbocycles. The number of rotatable bonds is 1. The Morgan fingerprint density at radius 3 is 2.45 bits per heavy atom. The normalized spacial score (nSPS) is 9.73. The zero-order valence-electron chi connectivity index (χ0n) is 6.61. The molecule has 0 saturated heterocycles. The molecule has 0 aliphatic carbocycles. The number of benzene rings is 1. The molecule has 11 heavy (non-hydrogen) atoms. The number of hydrogen-bond acceptors (Lipinski definition) is 1. The van der Waals surface area contributed by atoms with Crippen LogP contribution in [0.25, 0.3) is 0 Å². The van der Waals surface area contributed by atoms with Gasteiger partial charge in [-0.25, -0.2) is 0 Å². The Labute approximate surface area is 71.5 Å². The summed E-state index contributed by atoms with van der Waals surface area (Å²) < 4.78 is 0. The summed E-state index contributed by atoms with van der Waals surface area (Å²) in [6, 6.07) is 5.64. The highest BCUT2D eigenvalue weighted by Crippen LogP contribution is 2.14. The first kappa shape index (κ1) is 8.28. The lowest BCUT2D eigenvalue weighted by molar-refractivity contribution is 1.41. The number of halogens is 1. The summed E-state index contributed by atoms with van der Waals surface area (Å²) in [5.74, 6) is 0. The van der Waals surface area contributed by atoms with Crippen LogP contribution in [0.15, 0.2) is 18.2 Å². The molecule has 0 aliphatic heterocycles. The fraction of sp³-hybridized carbons (Fsp3) is 0.222. The molecule has 0 fully saturated rings. The SMILES string of the molecule is CC(=N)c1cc(C)cc(Cl)c1. The predicted molar refractivity (Wildman–Crippen MR) is 48.7 cm³/mol. The largest absolute Gasteiger partial charge is 0.305 e. The lowest BCUT2D eigenvalue weighted by Gasteiger charge is -2.00. The van der Waals surface area contributed by atoms with E-state index in [-0.39, 0.29) is 0 Å². The third kappa shape index (κ3) is 2.05. The van der Waals surface area contributed by atoms with Gasteiger partial charge in [0, 0.05) is 10.7 Å². The van der Waals surface area contributed by atoms with E-state index in [2.05, 4.69) is 0 Å². The fourth-order valence-electron chi connectivity index (χ4n) is 0.953. The van der Waals surface area contributed by atoms with E-state index < -0.39 is 0 Å². The molecule has 1 aromatic carbocycles. The van der Waals surface area contributed by atoms with Crippen molar-refractivity contribution in [2.24, 2.45) is 0 Å². The first-order valence-electron chi connectivity index (χ1n) is 3.42. The Hall–Kier alpha value is -0.820. The maximum Gasteiger partial charge on any atom is 0.0415 e. The first-order valence-corrected chi connectivity index (χ1v) is 3.80. The van der Waals surface area contributed by atoms with Crippen molar-refractivity contribution in [2.45, 2.75) is 13.8 Å². The van der Waals surface area contributed by atoms with E-state index in [1.807, 2.05) is 19.1 Å². The smallest absolute Gasteiger partial charge is 0.0415 e. The predicted octanol–water partition coefficient (Wildman–Crippen LogP) is 3.04. The van der Waals surface area contributed by atoms with Crippen molar-refractivity contribution in [2.75, 3.05) is 0 Å². The number of nitrogens with one attached hydrogen (secondary N) is 1. The number of aryl methyl sites for hydroxylation is 1. The van der Waals surface area contributed by atoms with Gasteiger partial charge in [0.2, 0.25) is 0 Å². The molecule has 1 nitrogen and oxygen atoms in total. The molecule has 0 spiro atoms. The van der Waals surface area contributed by atoms with E-state index >= 15 is 0 Å². The minimum Gasteiger partial charge on any atom is -0.305 e. The lowest BCUT2D eigenvalue weighted by Crippen LogP contribution is -1.91. The molecule has 0 aliphatic rings. The third-order valence-electron chi connectivity index (χ3n) is 1.48. The van der Waals surface area contributed by atoms with Crippen molar-refractivity contribution in [1.82, 2.24) is 0 Å². The third-order valence-corrected chi connectivity index (χ3v) is 1.69. The first-order chi connectivity index (χ1) is 5.09. The second-order valence-electron chi connectivity index (χ2n) is 2.64. The van der Waals surface area contributed by atoms with Gasteiger partial charge in [-0.2, -0.15) is 0 Å². The zero-order chi connectivity index (χ0) is 8.43. The van der Waals surface area contributed by atoms with Crippen molar-refractivity contribution in [3.8, 4) is 0 Å². The number of hydrogen-bond donors (Lipinski definition) is 1. The molecule has 1 rings (SSSR count). The van der Waals surface area contributed by atoms with E-state index in [0.717, 1.165) is 11.1 Å². The van der Waals surface area contributed by atoms with Crippen LogP contribution in [0.5, 0.6) is 0 Å². The lowest BCUT2D eigenvalue weighted by atomic mass is 10.1. The van der Waals surface area contributed by atoms with Crippen molar-refractivity contribution in [3.63, 3.8) is 0 Å². The summed E-state index contributed by atoms with van der Waals surface area (Å²) in [6.07, 6.45) is 0. The Morgan fingerprint density at radius 1 is 1.36 bits per heavy atom. The van der Waals surface area contributed by atoms with Crippen LogP contribution in [0.1, 0.15) is 18.1 Å². The second kappa shape index (κ2) is 3.05. The van der Waals surface area contributed by atoms with E-state index in [1.165, 1.54) is 0 Å². The van der Waals surface area contributed by atoms with Crippen LogP contribution in [0.3, 0.4) is 0 Å². The summed E-state index contributed by atoms with van der Waals surface area (Å²) in [7, 11) is 0. The van der Waals surface area contributed by atoms with Gasteiger partial charge in [-0.15, -0.1) is 0 Å². The molecular weight excluding hydrogens is 158 g/mol. The summed E-state index contributed by atoms with van der Waals surface area (Å²) in [5.41, 5.74) is 2.55. The quantitative estimate of drug-likeness (QED) is 0.622. The minimum atomic E-state index is 0.551. The van der Waals surface area contributed by atoms with Crippen molar-refractivity contribution < 1.29 is 0 Å². The highest BCUT2D eigenvalue weighted by atomic mass is 35.5. The second-order valence-corrected chi connectivity index (χ2v) is 3.08. The molecule has 1 N–H and O–H groups in total. The molecular formula is C9H10ClN. The topological polar surface area (TPSA) is 23.9 Å². The molecule has 0 bridgehead atoms. The van der Waals surface area contributed by atoms with Crippen LogP contribution in [0.4, 0.5) is 0 Å². The van der Waals surface area contributed by atoms with E-state index in [1.54, 1.807) is 13.0 Å². The molecule has 58 valence electrons. The Morgan fingerprint density at radius 2 is 2.00 bits per heavy atom. The van der Waals surface area contributed by atoms with Gasteiger partial charge in [0.25, 0.3) is 0 Å². The van der Waals surface area contributed by atoms with Gasteiger partial charge in [0.1, 0.15) is 0 Å². The summed E-state index contributed by atoms with van der Waals surface area (Å²) in [5, 5.41) is 8.07. The molecule has 2 heteroatoms. The molecule has 0 aromatic heterocycles. The van der Waals surface area contributed by atoms with Crippen molar-refractivity contribution in [1.29, 1.82) is 5.41 Å². The van der Waals surface area contributed by atoms with Crippen LogP contribution in [-0.4, -0.2) is 5.71 Å². The van der Waals surface area contributed by atoms with Gasteiger partial charge < -0.3 is 5.41 Å². The van der Waals surface area contributed by atoms with Gasteiger partial charge in [-0.1, -0.05) is 17.7 Å². The van der Waals surface area contributed by atoms with Crippen LogP contribution >= 0.6 is 11.6 Å². The van der Waals surface area contributed by atoms with E-state index in [9.17, 15) is 0 Å². The van der Waals surface area contributed by atoms with E-state index in [4.69, 9.17) is 17.0 Å². The van der Waals surface area contributed by atoms with Gasteiger partial charge in [0.05, 0.1) is 0 Å². The zero-order valence-corrected chi connectivity index (χ0v) is 7.37. The monoisotopic (exact) mass is 167 g/mol. The van der Waals surface area contributed by atoms with E-state index in [0.29, 0.717) is 10.7 Å². The van der Waals surface area contributed by atoms with Crippen molar-refractivity contribution in [3.05, 3.63) is 34.3 Å². The Kier molecular flexibility index (Phi) is 2.30. The maximum atomic E-state index is 7.37. The molecule has 0 heterocycles. The van der Waals surface area contributed by atoms with Crippen LogP contribution in [0.2, 0.25) is 5.02 Å². The fourth-order valence-corrected chi connectivity index (χ4v) is 1.24. The van der Waals surface area contributed by atoms with Gasteiger partial charge in [0.15, 0.2) is 0 Å². The average Bonchev–Trinajstić information content (AvgIpc) is 1.85. The summed E-state index contributed by atoms with van der Waals surface area (Å²) in [4.78, 5) is 0. The molecule has 0 radical (unpaired) electrons. The summed E-state index contributed by atoms with van der Waals surface area (Å²) in [6.45, 7) is 3.73. The van der Waals surface area contributed by atoms with Crippen molar-refractivity contribution >= 4 is 17.3 Å².